The van der Waals surface area contributed by atoms with E-state index in [2.05, 4.69) is 0 Å². The van der Waals surface area contributed by atoms with Crippen LogP contribution >= 0.6 is 0 Å². The fourth-order valence-electron chi connectivity index (χ4n) is 2.29. The molecule has 0 bridgehead atoms. The van der Waals surface area contributed by atoms with E-state index in [1.807, 2.05) is 0 Å². The minimum atomic E-state index is -4.09. The summed E-state index contributed by atoms with van der Waals surface area (Å²) in [7, 11) is -5.43. The normalized spacial score (nSPS) is 12.5. The van der Waals surface area contributed by atoms with Crippen LogP contribution in [0, 0.1) is 0 Å². The number of sulfone groups is 2. The highest BCUT2D eigenvalue weighted by Gasteiger charge is 2.17. The molecule has 0 aromatic heterocycles. The SMILES string of the molecule is COc1ccc(C=CS(=O)(=O)CS(=O)(=O)C=Cc2ccc(OC)c(O)c2)cc1O. The molecule has 29 heavy (non-hydrogen) atoms. The Bertz CT molecular complexity index is 1060. The van der Waals surface area contributed by atoms with Crippen LogP contribution in [0.5, 0.6) is 23.0 Å². The molecule has 0 spiro atoms. The Kier molecular flexibility index (Phi) is 6.93. The number of ether oxygens (including phenoxy) is 2. The molecule has 0 saturated carbocycles. The molecule has 2 rings (SSSR count). The summed E-state index contributed by atoms with van der Waals surface area (Å²) in [5.41, 5.74) is 0.710. The van der Waals surface area contributed by atoms with E-state index in [0.717, 1.165) is 10.8 Å². The lowest BCUT2D eigenvalue weighted by atomic mass is 10.2. The highest BCUT2D eigenvalue weighted by molar-refractivity contribution is 8.10. The summed E-state index contributed by atoms with van der Waals surface area (Å²) < 4.78 is 58.3. The summed E-state index contributed by atoms with van der Waals surface area (Å²) in [4.78, 5) is 0. The van der Waals surface area contributed by atoms with Crippen LogP contribution in [0.15, 0.2) is 47.2 Å². The average Bonchev–Trinajstić information content (AvgIpc) is 2.64. The largest absolute Gasteiger partial charge is 0.504 e. The first-order valence-electron chi connectivity index (χ1n) is 8.11. The van der Waals surface area contributed by atoms with Crippen molar-refractivity contribution in [2.45, 2.75) is 0 Å². The van der Waals surface area contributed by atoms with Crippen molar-refractivity contribution in [1.82, 2.24) is 0 Å². The number of hydrogen-bond acceptors (Lipinski definition) is 8. The summed E-state index contributed by atoms with van der Waals surface area (Å²) in [5, 5.41) is 19.8. The van der Waals surface area contributed by atoms with Crippen molar-refractivity contribution in [3.8, 4) is 23.0 Å². The third kappa shape index (κ3) is 6.54. The topological polar surface area (TPSA) is 127 Å². The van der Waals surface area contributed by atoms with Crippen molar-refractivity contribution in [3.05, 3.63) is 58.3 Å². The second kappa shape index (κ2) is 9.01. The maximum atomic E-state index is 12.1. The van der Waals surface area contributed by atoms with Gasteiger partial charge in [0.25, 0.3) is 0 Å². The number of rotatable bonds is 8. The van der Waals surface area contributed by atoms with Gasteiger partial charge in [-0.1, -0.05) is 12.1 Å². The first kappa shape index (κ1) is 22.3. The van der Waals surface area contributed by atoms with Gasteiger partial charge in [-0.2, -0.15) is 0 Å². The second-order valence-corrected chi connectivity index (χ2v) is 10.1. The number of hydrogen-bond donors (Lipinski definition) is 2. The Morgan fingerprint density at radius 1 is 0.759 bits per heavy atom. The summed E-state index contributed by atoms with van der Waals surface area (Å²) in [6.45, 7) is 0. The van der Waals surface area contributed by atoms with Crippen LogP contribution in [0.3, 0.4) is 0 Å². The van der Waals surface area contributed by atoms with E-state index in [1.165, 1.54) is 62.8 Å². The van der Waals surface area contributed by atoms with Crippen LogP contribution in [0.2, 0.25) is 0 Å². The van der Waals surface area contributed by atoms with Crippen molar-refractivity contribution in [3.63, 3.8) is 0 Å². The van der Waals surface area contributed by atoms with Gasteiger partial charge in [0.15, 0.2) is 47.8 Å². The van der Waals surface area contributed by atoms with Gasteiger partial charge in [-0.3, -0.25) is 0 Å². The molecule has 0 radical (unpaired) electrons. The van der Waals surface area contributed by atoms with E-state index in [9.17, 15) is 27.0 Å². The summed E-state index contributed by atoms with van der Waals surface area (Å²) in [6.07, 6.45) is 2.35. The smallest absolute Gasteiger partial charge is 0.186 e. The third-order valence-electron chi connectivity index (χ3n) is 3.67. The molecular formula is C19H20O8S2. The van der Waals surface area contributed by atoms with Crippen LogP contribution in [0.25, 0.3) is 12.2 Å². The van der Waals surface area contributed by atoms with E-state index in [4.69, 9.17) is 9.47 Å². The van der Waals surface area contributed by atoms with Crippen molar-refractivity contribution in [2.75, 3.05) is 19.3 Å². The molecule has 0 saturated heterocycles. The molecule has 8 nitrogen and oxygen atoms in total. The molecule has 0 atom stereocenters. The van der Waals surface area contributed by atoms with Gasteiger partial charge in [-0.05, 0) is 47.5 Å². The first-order valence-corrected chi connectivity index (χ1v) is 11.5. The van der Waals surface area contributed by atoms with Gasteiger partial charge in [0, 0.05) is 10.8 Å². The van der Waals surface area contributed by atoms with Gasteiger partial charge in [0.05, 0.1) is 14.2 Å². The summed E-state index contributed by atoms with van der Waals surface area (Å²) >= 11 is 0. The molecule has 156 valence electrons. The molecule has 2 N–H and O–H groups in total. The van der Waals surface area contributed by atoms with E-state index >= 15 is 0 Å². The van der Waals surface area contributed by atoms with E-state index in [1.54, 1.807) is 0 Å². The first-order chi connectivity index (χ1) is 13.5. The van der Waals surface area contributed by atoms with E-state index < -0.39 is 24.8 Å². The number of benzene rings is 2. The zero-order chi connectivity index (χ0) is 21.7. The molecular weight excluding hydrogens is 420 g/mol. The molecule has 2 aromatic rings. The van der Waals surface area contributed by atoms with Gasteiger partial charge < -0.3 is 19.7 Å². The van der Waals surface area contributed by atoms with Crippen LogP contribution in [0.4, 0.5) is 0 Å². The Balaban J connectivity index is 2.13. The van der Waals surface area contributed by atoms with Crippen molar-refractivity contribution in [2.24, 2.45) is 0 Å². The zero-order valence-electron chi connectivity index (χ0n) is 15.6. The predicted octanol–water partition coefficient (Wildman–Crippen LogP) is 2.54. The highest BCUT2D eigenvalue weighted by atomic mass is 32.3. The predicted molar refractivity (Wildman–Crippen MR) is 110 cm³/mol. The molecule has 0 aliphatic carbocycles. The van der Waals surface area contributed by atoms with Crippen molar-refractivity contribution in [1.29, 1.82) is 0 Å². The summed E-state index contributed by atoms with van der Waals surface area (Å²) in [6, 6.07) is 8.49. The Labute approximate surface area is 169 Å². The highest BCUT2D eigenvalue weighted by Crippen LogP contribution is 2.28. The second-order valence-electron chi connectivity index (χ2n) is 5.91. The molecule has 2 aromatic carbocycles. The van der Waals surface area contributed by atoms with E-state index in [-0.39, 0.29) is 23.0 Å². The maximum absolute atomic E-state index is 12.1. The van der Waals surface area contributed by atoms with Gasteiger partial charge in [-0.25, -0.2) is 16.8 Å². The molecule has 0 amide bonds. The lowest BCUT2D eigenvalue weighted by Crippen LogP contribution is -2.11. The maximum Gasteiger partial charge on any atom is 0.186 e. The number of phenols is 2. The van der Waals surface area contributed by atoms with Crippen LogP contribution < -0.4 is 9.47 Å². The number of phenolic OH excluding ortho intramolecular Hbond substituents is 2. The summed E-state index contributed by atoms with van der Waals surface area (Å²) in [5.74, 6) is 0.0975. The Morgan fingerprint density at radius 2 is 1.14 bits per heavy atom. The molecule has 0 aliphatic heterocycles. The van der Waals surface area contributed by atoms with Gasteiger partial charge in [0.1, 0.15) is 0 Å². The van der Waals surface area contributed by atoms with Crippen LogP contribution in [0.1, 0.15) is 11.1 Å². The van der Waals surface area contributed by atoms with Gasteiger partial charge in [0.2, 0.25) is 0 Å². The van der Waals surface area contributed by atoms with Gasteiger partial charge in [-0.15, -0.1) is 0 Å². The lowest BCUT2D eigenvalue weighted by molar-refractivity contribution is 0.373. The minimum Gasteiger partial charge on any atom is -0.504 e. The molecule has 0 aliphatic rings. The molecule has 0 heterocycles. The fraction of sp³-hybridized carbons (Fsp3) is 0.158. The lowest BCUT2D eigenvalue weighted by Gasteiger charge is -2.04. The fourth-order valence-corrected chi connectivity index (χ4v) is 5.48. The zero-order valence-corrected chi connectivity index (χ0v) is 17.3. The minimum absolute atomic E-state index is 0.176. The standard InChI is InChI=1S/C19H20O8S2/c1-26-18-5-3-14(11-16(18)20)7-9-28(22,23)13-29(24,25)10-8-15-4-6-19(27-2)17(21)12-15/h3-12,20-21H,13H2,1-2H3. The average molecular weight is 440 g/mol. The molecule has 10 heteroatoms. The van der Waals surface area contributed by atoms with Gasteiger partial charge >= 0.3 is 0 Å². The molecule has 0 fully saturated rings. The quantitative estimate of drug-likeness (QED) is 0.641. The molecule has 0 unspecified atom stereocenters. The Hall–Kier alpha value is -2.98. The van der Waals surface area contributed by atoms with Crippen LogP contribution in [-0.4, -0.2) is 46.4 Å². The monoisotopic (exact) mass is 440 g/mol. The number of aromatic hydroxyl groups is 2. The van der Waals surface area contributed by atoms with Crippen molar-refractivity contribution >= 4 is 31.8 Å². The van der Waals surface area contributed by atoms with Crippen molar-refractivity contribution < 1.29 is 36.5 Å². The third-order valence-corrected chi connectivity index (χ3v) is 7.40. The Morgan fingerprint density at radius 3 is 1.45 bits per heavy atom. The van der Waals surface area contributed by atoms with Crippen LogP contribution in [-0.2, 0) is 19.7 Å². The number of methoxy groups -OCH3 is 2. The van der Waals surface area contributed by atoms with E-state index in [0.29, 0.717) is 11.1 Å².